The fourth-order valence-corrected chi connectivity index (χ4v) is 2.63. The van der Waals surface area contributed by atoms with E-state index in [1.165, 1.54) is 0 Å². The van der Waals surface area contributed by atoms with Gasteiger partial charge in [-0.05, 0) is 36.2 Å². The highest BCUT2D eigenvalue weighted by Gasteiger charge is 2.12. The van der Waals surface area contributed by atoms with Gasteiger partial charge in [-0.3, -0.25) is 0 Å². The Kier molecular flexibility index (Phi) is 3.55. The molecule has 0 amide bonds. The fourth-order valence-electron chi connectivity index (χ4n) is 2.38. The first-order valence-electron chi connectivity index (χ1n) is 6.60. The number of aryl methyl sites for hydroxylation is 1. The molecule has 0 aliphatic heterocycles. The number of halogens is 1. The van der Waals surface area contributed by atoms with Crippen molar-refractivity contribution in [2.75, 3.05) is 5.32 Å². The second-order valence-electron chi connectivity index (χ2n) is 4.81. The summed E-state index contributed by atoms with van der Waals surface area (Å²) < 4.78 is 5.53. The van der Waals surface area contributed by atoms with Gasteiger partial charge in [-0.2, -0.15) is 5.26 Å². The van der Waals surface area contributed by atoms with E-state index in [9.17, 15) is 5.26 Å². The standard InChI is InChI=1S/C17H13ClN2O/c1-11-5-4-7-15(13(11)9-19)20-10-14-12-6-2-3-8-16(12)21-17(14)18/h2-8,20H,10H2,1H3. The first kappa shape index (κ1) is 13.5. The van der Waals surface area contributed by atoms with E-state index in [0.29, 0.717) is 17.3 Å². The number of hydrogen-bond acceptors (Lipinski definition) is 3. The van der Waals surface area contributed by atoms with Gasteiger partial charge in [0, 0.05) is 17.5 Å². The van der Waals surface area contributed by atoms with Crippen LogP contribution in [0.15, 0.2) is 46.9 Å². The summed E-state index contributed by atoms with van der Waals surface area (Å²) in [4.78, 5) is 0. The van der Waals surface area contributed by atoms with E-state index >= 15 is 0 Å². The van der Waals surface area contributed by atoms with Crippen LogP contribution in [0.2, 0.25) is 5.22 Å². The van der Waals surface area contributed by atoms with Crippen molar-refractivity contribution in [3.05, 3.63) is 64.4 Å². The Labute approximate surface area is 127 Å². The first-order valence-corrected chi connectivity index (χ1v) is 6.98. The second-order valence-corrected chi connectivity index (χ2v) is 5.16. The topological polar surface area (TPSA) is 49.0 Å². The van der Waals surface area contributed by atoms with Gasteiger partial charge in [-0.25, -0.2) is 0 Å². The van der Waals surface area contributed by atoms with Gasteiger partial charge in [-0.15, -0.1) is 0 Å². The largest absolute Gasteiger partial charge is 0.444 e. The number of rotatable bonds is 3. The summed E-state index contributed by atoms with van der Waals surface area (Å²) in [6, 6.07) is 15.7. The summed E-state index contributed by atoms with van der Waals surface area (Å²) in [5.41, 5.74) is 4.08. The Balaban J connectivity index is 1.93. The van der Waals surface area contributed by atoms with Crippen LogP contribution in [0.3, 0.4) is 0 Å². The lowest BCUT2D eigenvalue weighted by molar-refractivity contribution is 0.613. The number of para-hydroxylation sites is 1. The zero-order chi connectivity index (χ0) is 14.8. The van der Waals surface area contributed by atoms with Crippen LogP contribution in [-0.2, 0) is 6.54 Å². The summed E-state index contributed by atoms with van der Waals surface area (Å²) >= 11 is 6.17. The van der Waals surface area contributed by atoms with Crippen LogP contribution in [0.4, 0.5) is 5.69 Å². The monoisotopic (exact) mass is 296 g/mol. The van der Waals surface area contributed by atoms with Gasteiger partial charge in [0.25, 0.3) is 0 Å². The Morgan fingerprint density at radius 2 is 2.00 bits per heavy atom. The molecular weight excluding hydrogens is 284 g/mol. The molecule has 104 valence electrons. The summed E-state index contributed by atoms with van der Waals surface area (Å²) in [6.07, 6.45) is 0. The molecule has 0 aliphatic carbocycles. The lowest BCUT2D eigenvalue weighted by Gasteiger charge is -2.09. The molecule has 2 aromatic carbocycles. The minimum atomic E-state index is 0.384. The highest BCUT2D eigenvalue weighted by molar-refractivity contribution is 6.30. The van der Waals surface area contributed by atoms with Crippen molar-refractivity contribution in [1.82, 2.24) is 0 Å². The normalized spacial score (nSPS) is 10.5. The van der Waals surface area contributed by atoms with Crippen LogP contribution in [0.25, 0.3) is 11.0 Å². The maximum absolute atomic E-state index is 9.25. The molecule has 0 unspecified atom stereocenters. The number of hydrogen-bond donors (Lipinski definition) is 1. The van der Waals surface area contributed by atoms with Gasteiger partial charge in [0.1, 0.15) is 11.7 Å². The summed E-state index contributed by atoms with van der Waals surface area (Å²) in [5, 5.41) is 13.9. The van der Waals surface area contributed by atoms with E-state index in [-0.39, 0.29) is 0 Å². The average Bonchev–Trinajstić information content (AvgIpc) is 2.80. The third-order valence-electron chi connectivity index (χ3n) is 3.49. The van der Waals surface area contributed by atoms with Crippen LogP contribution in [0, 0.1) is 18.3 Å². The number of benzene rings is 2. The van der Waals surface area contributed by atoms with Gasteiger partial charge in [0.15, 0.2) is 5.22 Å². The molecule has 0 atom stereocenters. The predicted molar refractivity (Wildman–Crippen MR) is 84.4 cm³/mol. The lowest BCUT2D eigenvalue weighted by Crippen LogP contribution is -2.02. The zero-order valence-corrected chi connectivity index (χ0v) is 12.2. The smallest absolute Gasteiger partial charge is 0.199 e. The number of nitrogens with one attached hydrogen (secondary N) is 1. The minimum absolute atomic E-state index is 0.384. The molecule has 0 radical (unpaired) electrons. The van der Waals surface area contributed by atoms with E-state index < -0.39 is 0 Å². The molecular formula is C17H13ClN2O. The van der Waals surface area contributed by atoms with Crippen LogP contribution >= 0.6 is 11.6 Å². The van der Waals surface area contributed by atoms with Crippen LogP contribution in [0.5, 0.6) is 0 Å². The molecule has 0 aliphatic rings. The van der Waals surface area contributed by atoms with E-state index in [1.54, 1.807) is 0 Å². The van der Waals surface area contributed by atoms with Crippen LogP contribution in [-0.4, -0.2) is 0 Å². The molecule has 1 aromatic heterocycles. The molecule has 0 saturated heterocycles. The maximum Gasteiger partial charge on any atom is 0.199 e. The third-order valence-corrected chi connectivity index (χ3v) is 3.79. The quantitative estimate of drug-likeness (QED) is 0.749. The number of nitrogens with zero attached hydrogens (tertiary/aromatic N) is 1. The minimum Gasteiger partial charge on any atom is -0.444 e. The van der Waals surface area contributed by atoms with Gasteiger partial charge in [0.2, 0.25) is 0 Å². The number of furan rings is 1. The molecule has 0 spiro atoms. The molecule has 3 rings (SSSR count). The second kappa shape index (κ2) is 5.51. The summed E-state index contributed by atoms with van der Waals surface area (Å²) in [5.74, 6) is 0. The van der Waals surface area contributed by atoms with Crippen molar-refractivity contribution in [3.63, 3.8) is 0 Å². The summed E-state index contributed by atoms with van der Waals surface area (Å²) in [6.45, 7) is 2.43. The maximum atomic E-state index is 9.25. The Morgan fingerprint density at radius 1 is 1.19 bits per heavy atom. The lowest BCUT2D eigenvalue weighted by atomic mass is 10.1. The molecule has 0 bridgehead atoms. The van der Waals surface area contributed by atoms with E-state index in [4.69, 9.17) is 16.0 Å². The highest BCUT2D eigenvalue weighted by Crippen LogP contribution is 2.30. The van der Waals surface area contributed by atoms with Crippen molar-refractivity contribution in [3.8, 4) is 6.07 Å². The third kappa shape index (κ3) is 2.46. The van der Waals surface area contributed by atoms with Crippen molar-refractivity contribution in [2.24, 2.45) is 0 Å². The van der Waals surface area contributed by atoms with Gasteiger partial charge in [0.05, 0.1) is 11.3 Å². The molecule has 1 N–H and O–H groups in total. The highest BCUT2D eigenvalue weighted by atomic mass is 35.5. The van der Waals surface area contributed by atoms with E-state index in [2.05, 4.69) is 11.4 Å². The molecule has 3 nitrogen and oxygen atoms in total. The average molecular weight is 297 g/mol. The molecule has 4 heteroatoms. The SMILES string of the molecule is Cc1cccc(NCc2c(Cl)oc3ccccc23)c1C#N. The molecule has 0 fully saturated rings. The van der Waals surface area contributed by atoms with E-state index in [0.717, 1.165) is 27.8 Å². The fraction of sp³-hybridized carbons (Fsp3) is 0.118. The first-order chi connectivity index (χ1) is 10.2. The molecule has 3 aromatic rings. The molecule has 21 heavy (non-hydrogen) atoms. The van der Waals surface area contributed by atoms with Crippen LogP contribution < -0.4 is 5.32 Å². The molecule has 0 saturated carbocycles. The molecule has 1 heterocycles. The number of fused-ring (bicyclic) bond motifs is 1. The Hall–Kier alpha value is -2.44. The van der Waals surface area contributed by atoms with Crippen molar-refractivity contribution < 1.29 is 4.42 Å². The van der Waals surface area contributed by atoms with Crippen molar-refractivity contribution in [2.45, 2.75) is 13.5 Å². The Morgan fingerprint density at radius 3 is 2.81 bits per heavy atom. The van der Waals surface area contributed by atoms with Crippen molar-refractivity contribution >= 4 is 28.3 Å². The predicted octanol–water partition coefficient (Wildman–Crippen LogP) is 4.88. The van der Waals surface area contributed by atoms with E-state index in [1.807, 2.05) is 49.4 Å². The van der Waals surface area contributed by atoms with Gasteiger partial charge >= 0.3 is 0 Å². The van der Waals surface area contributed by atoms with Gasteiger partial charge < -0.3 is 9.73 Å². The van der Waals surface area contributed by atoms with Crippen molar-refractivity contribution in [1.29, 1.82) is 5.26 Å². The zero-order valence-electron chi connectivity index (χ0n) is 11.5. The Bertz CT molecular complexity index is 846. The summed E-state index contributed by atoms with van der Waals surface area (Å²) in [7, 11) is 0. The van der Waals surface area contributed by atoms with Crippen LogP contribution in [0.1, 0.15) is 16.7 Å². The number of anilines is 1. The van der Waals surface area contributed by atoms with Gasteiger partial charge in [-0.1, -0.05) is 30.3 Å². The number of nitriles is 1.